The molecule has 0 spiro atoms. The minimum absolute atomic E-state index is 0.0128. The molecule has 4 atom stereocenters. The van der Waals surface area contributed by atoms with Crippen molar-refractivity contribution in [3.05, 3.63) is 82.2 Å². The summed E-state index contributed by atoms with van der Waals surface area (Å²) in [6.45, 7) is 7.31. The number of rotatable bonds is 8. The first kappa shape index (κ1) is 28.8. The average molecular weight is 573 g/mol. The third kappa shape index (κ3) is 5.57. The molecule has 42 heavy (non-hydrogen) atoms. The number of hydrogen-bond acceptors (Lipinski definition) is 5. The largest absolute Gasteiger partial charge is 0.505 e. The lowest BCUT2D eigenvalue weighted by molar-refractivity contribution is -0.144. The van der Waals surface area contributed by atoms with Gasteiger partial charge in [-0.15, -0.1) is 0 Å². The molecule has 0 unspecified atom stereocenters. The van der Waals surface area contributed by atoms with Crippen LogP contribution in [-0.4, -0.2) is 58.6 Å². The lowest BCUT2D eigenvalue weighted by Gasteiger charge is -2.36. The Morgan fingerprint density at radius 3 is 2.55 bits per heavy atom. The molecule has 1 aliphatic carbocycles. The van der Waals surface area contributed by atoms with Gasteiger partial charge in [0.05, 0.1) is 24.5 Å². The lowest BCUT2D eigenvalue weighted by atomic mass is 9.69. The molecule has 0 bridgehead atoms. The van der Waals surface area contributed by atoms with Crippen LogP contribution in [0.1, 0.15) is 63.5 Å². The summed E-state index contributed by atoms with van der Waals surface area (Å²) in [6.07, 6.45) is 6.58. The monoisotopic (exact) mass is 572 g/mol. The van der Waals surface area contributed by atoms with E-state index in [0.29, 0.717) is 18.6 Å². The second kappa shape index (κ2) is 12.1. The summed E-state index contributed by atoms with van der Waals surface area (Å²) in [5.41, 5.74) is 5.63. The third-order valence-electron chi connectivity index (χ3n) is 9.83. The highest BCUT2D eigenvalue weighted by Gasteiger charge is 2.58. The normalized spacial score (nSPS) is 27.1. The number of benzene rings is 2. The van der Waals surface area contributed by atoms with Gasteiger partial charge in [0, 0.05) is 31.6 Å². The summed E-state index contributed by atoms with van der Waals surface area (Å²) in [5.74, 6) is -1.55. The number of aromatic hydroxyl groups is 1. The molecule has 4 aliphatic rings. The van der Waals surface area contributed by atoms with E-state index in [0.717, 1.165) is 57.3 Å². The first-order valence-corrected chi connectivity index (χ1v) is 15.5. The average Bonchev–Trinajstić information content (AvgIpc) is 3.52. The number of nitrogens with zero attached hydrogens (tertiary/aromatic N) is 2. The molecule has 2 aromatic carbocycles. The van der Waals surface area contributed by atoms with E-state index in [1.807, 2.05) is 19.1 Å². The highest BCUT2D eigenvalue weighted by atomic mass is 19.1. The number of carbonyl (C=O) groups is 2. The summed E-state index contributed by atoms with van der Waals surface area (Å²) < 4.78 is 20.1. The zero-order chi connectivity index (χ0) is 29.4. The van der Waals surface area contributed by atoms with Crippen molar-refractivity contribution in [1.82, 2.24) is 9.80 Å². The number of hydrogen-bond donors (Lipinski definition) is 1. The Balaban J connectivity index is 1.11. The van der Waals surface area contributed by atoms with Gasteiger partial charge in [-0.3, -0.25) is 19.4 Å². The van der Waals surface area contributed by atoms with Gasteiger partial charge in [0.1, 0.15) is 0 Å². The van der Waals surface area contributed by atoms with Gasteiger partial charge in [-0.25, -0.2) is 4.39 Å². The molecule has 3 aliphatic heterocycles. The number of phenolic OH excluding ortho intramolecular Hbond substituents is 1. The Morgan fingerprint density at radius 1 is 1.07 bits per heavy atom. The van der Waals surface area contributed by atoms with Crippen molar-refractivity contribution < 1.29 is 23.8 Å². The zero-order valence-corrected chi connectivity index (χ0v) is 24.6. The van der Waals surface area contributed by atoms with Crippen molar-refractivity contribution in [3.63, 3.8) is 0 Å². The van der Waals surface area contributed by atoms with E-state index in [4.69, 9.17) is 4.74 Å². The fraction of sp³-hybridized carbons (Fsp3) is 0.486. The van der Waals surface area contributed by atoms with Gasteiger partial charge in [0.15, 0.2) is 11.6 Å². The number of halogens is 1. The number of piperidine rings is 1. The number of amides is 2. The number of carbonyl (C=O) groups excluding carboxylic acids is 2. The van der Waals surface area contributed by atoms with Gasteiger partial charge >= 0.3 is 0 Å². The van der Waals surface area contributed by atoms with E-state index in [2.05, 4.69) is 36.1 Å². The van der Waals surface area contributed by atoms with Crippen molar-refractivity contribution >= 4 is 17.9 Å². The summed E-state index contributed by atoms with van der Waals surface area (Å²) in [6, 6.07) is 14.8. The van der Waals surface area contributed by atoms with Crippen LogP contribution in [-0.2, 0) is 20.9 Å². The van der Waals surface area contributed by atoms with Gasteiger partial charge in [0.2, 0.25) is 11.8 Å². The molecule has 1 N–H and O–H groups in total. The maximum absolute atomic E-state index is 13.9. The van der Waals surface area contributed by atoms with E-state index in [1.165, 1.54) is 28.8 Å². The minimum Gasteiger partial charge on any atom is -0.505 e. The van der Waals surface area contributed by atoms with Gasteiger partial charge in [-0.05, 0) is 74.3 Å². The Bertz CT molecular complexity index is 1390. The smallest absolute Gasteiger partial charge is 0.234 e. The van der Waals surface area contributed by atoms with E-state index < -0.39 is 5.82 Å². The van der Waals surface area contributed by atoms with Crippen LogP contribution < -0.4 is 0 Å². The van der Waals surface area contributed by atoms with Gasteiger partial charge in [-0.1, -0.05) is 60.5 Å². The Labute approximate surface area is 247 Å². The molecule has 3 fully saturated rings. The molecular formula is C35H41FN2O4. The summed E-state index contributed by atoms with van der Waals surface area (Å²) in [7, 11) is 0. The first-order chi connectivity index (χ1) is 20.3. The fourth-order valence-electron chi connectivity index (χ4n) is 7.70. The Kier molecular flexibility index (Phi) is 8.33. The molecule has 3 heterocycles. The van der Waals surface area contributed by atoms with Gasteiger partial charge in [0.25, 0.3) is 0 Å². The van der Waals surface area contributed by atoms with Crippen LogP contribution in [0.25, 0.3) is 6.08 Å². The first-order valence-electron chi connectivity index (χ1n) is 15.5. The highest BCUT2D eigenvalue weighted by molar-refractivity contribution is 6.06. The molecule has 0 radical (unpaired) electrons. The molecule has 2 amide bonds. The summed E-state index contributed by atoms with van der Waals surface area (Å²) in [4.78, 5) is 31.8. The molecule has 2 aromatic rings. The minimum atomic E-state index is -0.629. The van der Waals surface area contributed by atoms with E-state index in [1.54, 1.807) is 11.0 Å². The van der Waals surface area contributed by atoms with Crippen LogP contribution in [0.4, 0.5) is 4.39 Å². The number of imide groups is 1. The second-order valence-corrected chi connectivity index (χ2v) is 12.5. The van der Waals surface area contributed by atoms with Crippen molar-refractivity contribution in [1.29, 1.82) is 0 Å². The maximum Gasteiger partial charge on any atom is 0.234 e. The van der Waals surface area contributed by atoms with Crippen LogP contribution in [0.3, 0.4) is 0 Å². The van der Waals surface area contributed by atoms with Crippen molar-refractivity contribution in [2.45, 2.75) is 71.1 Å². The number of phenols is 1. The third-order valence-corrected chi connectivity index (χ3v) is 9.83. The molecule has 0 aromatic heterocycles. The summed E-state index contributed by atoms with van der Waals surface area (Å²) >= 11 is 0. The Morgan fingerprint density at radius 2 is 1.83 bits per heavy atom. The van der Waals surface area contributed by atoms with Crippen LogP contribution in [0.2, 0.25) is 0 Å². The topological polar surface area (TPSA) is 70.1 Å². The predicted octanol–water partition coefficient (Wildman–Crippen LogP) is 6.11. The number of fused-ring (bicyclic) bond motifs is 3. The predicted molar refractivity (Wildman–Crippen MR) is 160 cm³/mol. The molecule has 6 rings (SSSR count). The van der Waals surface area contributed by atoms with Gasteiger partial charge in [-0.2, -0.15) is 0 Å². The van der Waals surface area contributed by atoms with E-state index in [-0.39, 0.29) is 47.5 Å². The molecule has 3 saturated heterocycles. The molecule has 7 heteroatoms. The van der Waals surface area contributed by atoms with E-state index >= 15 is 0 Å². The van der Waals surface area contributed by atoms with Gasteiger partial charge < -0.3 is 9.84 Å². The highest BCUT2D eigenvalue weighted by Crippen LogP contribution is 2.51. The van der Waals surface area contributed by atoms with Crippen LogP contribution in [0.5, 0.6) is 5.75 Å². The van der Waals surface area contributed by atoms with E-state index in [9.17, 15) is 19.1 Å². The SMILES string of the molecule is CCC1=C2[C@@H](CC/C(C)=C/c3ccc(O)c(F)c3)OC[C@@H]2[C@@H]2C(=O)N(C3CCN(Cc4ccccc4)CC3)C(=O)[C@@H]2C1. The summed E-state index contributed by atoms with van der Waals surface area (Å²) in [5, 5.41) is 9.47. The lowest BCUT2D eigenvalue weighted by Crippen LogP contribution is -2.47. The van der Waals surface area contributed by atoms with Crippen molar-refractivity contribution in [2.24, 2.45) is 17.8 Å². The fourth-order valence-corrected chi connectivity index (χ4v) is 7.70. The zero-order valence-electron chi connectivity index (χ0n) is 24.6. The molecule has 222 valence electrons. The maximum atomic E-state index is 13.9. The van der Waals surface area contributed by atoms with Crippen LogP contribution >= 0.6 is 0 Å². The number of allylic oxidation sites excluding steroid dienone is 2. The van der Waals surface area contributed by atoms with Crippen molar-refractivity contribution in [2.75, 3.05) is 19.7 Å². The second-order valence-electron chi connectivity index (χ2n) is 12.5. The molecular weight excluding hydrogens is 531 g/mol. The Hall–Kier alpha value is -3.29. The standard InChI is InChI=1S/C35H41FN2O4/c1-3-25-19-27-33(28-21-42-31(32(25)28)12-9-22(2)17-24-10-11-30(39)29(36)18-24)35(41)38(34(27)40)26-13-15-37(16-14-26)20-23-7-5-4-6-8-23/h4-8,10-11,17-18,26-28,31,33,39H,3,9,12-16,19-21H2,1-2H3/b22-17+/t27-,28+,31-,33-/m1/s1. The quantitative estimate of drug-likeness (QED) is 0.306. The number of likely N-dealkylation sites (tertiary alicyclic amines) is 2. The van der Waals surface area contributed by atoms with Crippen LogP contribution in [0.15, 0.2) is 65.3 Å². The molecule has 0 saturated carbocycles. The molecule has 6 nitrogen and oxygen atoms in total. The number of ether oxygens (including phenoxy) is 1. The van der Waals surface area contributed by atoms with Crippen LogP contribution in [0, 0.1) is 23.6 Å². The van der Waals surface area contributed by atoms with Crippen molar-refractivity contribution in [3.8, 4) is 5.75 Å².